The van der Waals surface area contributed by atoms with Gasteiger partial charge >= 0.3 is 0 Å². The molecule has 0 amide bonds. The number of nitrogens with one attached hydrogen (secondary N) is 2. The molecule has 2 rings (SSSR count). The Bertz CT molecular complexity index is 554. The summed E-state index contributed by atoms with van der Waals surface area (Å²) < 4.78 is 1.07. The average Bonchev–Trinajstić information content (AvgIpc) is 2.67. The number of anilines is 1. The summed E-state index contributed by atoms with van der Waals surface area (Å²) in [5, 5.41) is 9.12. The minimum atomic E-state index is -0.390. The molecule has 0 atom stereocenters. The third-order valence-electron chi connectivity index (χ3n) is 1.88. The molecule has 0 aliphatic rings. The quantitative estimate of drug-likeness (QED) is 0.914. The number of hydrogen-bond acceptors (Lipinski definition) is 4. The van der Waals surface area contributed by atoms with Crippen molar-refractivity contribution in [3.8, 4) is 0 Å². The molecule has 2 aromatic rings. The Labute approximate surface area is 109 Å². The van der Waals surface area contributed by atoms with Gasteiger partial charge in [0.1, 0.15) is 5.02 Å². The molecular formula is C9H7BrClN3OS. The highest BCUT2D eigenvalue weighted by Crippen LogP contribution is 2.23. The zero-order valence-electron chi connectivity index (χ0n) is 7.96. The molecule has 84 valence electrons. The molecule has 2 heterocycles. The van der Waals surface area contributed by atoms with E-state index in [0.717, 1.165) is 8.66 Å². The molecule has 0 saturated heterocycles. The second-order valence-electron chi connectivity index (χ2n) is 2.99. The van der Waals surface area contributed by atoms with Crippen molar-refractivity contribution in [2.75, 3.05) is 5.32 Å². The molecule has 2 aromatic heterocycles. The monoisotopic (exact) mass is 319 g/mol. The third-order valence-corrected chi connectivity index (χ3v) is 3.88. The van der Waals surface area contributed by atoms with E-state index in [1.807, 2.05) is 12.1 Å². The minimum Gasteiger partial charge on any atom is -0.377 e. The molecule has 0 bridgehead atoms. The SMILES string of the molecule is O=c1[nH]ncc(NCc2ccc(Br)s2)c1Cl. The van der Waals surface area contributed by atoms with Crippen molar-refractivity contribution in [3.05, 3.63) is 42.4 Å². The summed E-state index contributed by atoms with van der Waals surface area (Å²) in [6.07, 6.45) is 1.49. The van der Waals surface area contributed by atoms with Crippen molar-refractivity contribution in [2.45, 2.75) is 6.54 Å². The maximum Gasteiger partial charge on any atom is 0.285 e. The average molecular weight is 321 g/mol. The summed E-state index contributed by atoms with van der Waals surface area (Å²) in [7, 11) is 0. The van der Waals surface area contributed by atoms with Crippen LogP contribution in [0.25, 0.3) is 0 Å². The van der Waals surface area contributed by atoms with E-state index in [0.29, 0.717) is 12.2 Å². The van der Waals surface area contributed by atoms with Gasteiger partial charge in [0, 0.05) is 11.4 Å². The van der Waals surface area contributed by atoms with Crippen LogP contribution in [0, 0.1) is 0 Å². The van der Waals surface area contributed by atoms with E-state index in [2.05, 4.69) is 31.4 Å². The molecule has 0 spiro atoms. The first-order valence-electron chi connectivity index (χ1n) is 4.38. The molecule has 2 N–H and O–H groups in total. The Kier molecular flexibility index (Phi) is 3.63. The first-order chi connectivity index (χ1) is 7.66. The predicted octanol–water partition coefficient (Wildman–Crippen LogP) is 2.86. The Hall–Kier alpha value is -0.850. The lowest BCUT2D eigenvalue weighted by Crippen LogP contribution is -2.11. The Morgan fingerprint density at radius 2 is 2.38 bits per heavy atom. The molecule has 0 fully saturated rings. The highest BCUT2D eigenvalue weighted by atomic mass is 79.9. The number of hydrogen-bond donors (Lipinski definition) is 2. The summed E-state index contributed by atoms with van der Waals surface area (Å²) in [5.41, 5.74) is 0.147. The number of halogens is 2. The summed E-state index contributed by atoms with van der Waals surface area (Å²) >= 11 is 10.8. The normalized spacial score (nSPS) is 10.4. The first kappa shape index (κ1) is 11.6. The van der Waals surface area contributed by atoms with Gasteiger partial charge < -0.3 is 5.32 Å². The molecule has 0 saturated carbocycles. The van der Waals surface area contributed by atoms with E-state index in [1.54, 1.807) is 11.3 Å². The van der Waals surface area contributed by atoms with Crippen molar-refractivity contribution in [2.24, 2.45) is 0 Å². The van der Waals surface area contributed by atoms with Crippen molar-refractivity contribution in [3.63, 3.8) is 0 Å². The van der Waals surface area contributed by atoms with Gasteiger partial charge in [-0.05, 0) is 28.1 Å². The van der Waals surface area contributed by atoms with Crippen LogP contribution < -0.4 is 10.9 Å². The van der Waals surface area contributed by atoms with Gasteiger partial charge in [0.05, 0.1) is 15.7 Å². The molecule has 0 radical (unpaired) electrons. The standard InChI is InChI=1S/C9H7BrClN3OS/c10-7-2-1-5(16-7)3-12-6-4-13-14-9(15)8(6)11/h1-2,4H,3H2,(H2,12,14,15). The molecular weight excluding hydrogens is 314 g/mol. The van der Waals surface area contributed by atoms with Crippen molar-refractivity contribution >= 4 is 44.6 Å². The van der Waals surface area contributed by atoms with Crippen LogP contribution >= 0.6 is 38.9 Å². The molecule has 0 aromatic carbocycles. The zero-order chi connectivity index (χ0) is 11.5. The fourth-order valence-corrected chi connectivity index (χ4v) is 2.72. The van der Waals surface area contributed by atoms with E-state index in [4.69, 9.17) is 11.6 Å². The van der Waals surface area contributed by atoms with Crippen LogP contribution in [-0.2, 0) is 6.54 Å². The highest BCUT2D eigenvalue weighted by Gasteiger charge is 2.05. The van der Waals surface area contributed by atoms with Crippen LogP contribution in [0.2, 0.25) is 5.02 Å². The van der Waals surface area contributed by atoms with E-state index in [9.17, 15) is 4.79 Å². The molecule has 0 aliphatic heterocycles. The first-order valence-corrected chi connectivity index (χ1v) is 6.37. The lowest BCUT2D eigenvalue weighted by atomic mass is 10.4. The third kappa shape index (κ3) is 2.63. The minimum absolute atomic E-state index is 0.130. The molecule has 16 heavy (non-hydrogen) atoms. The number of nitrogens with zero attached hydrogens (tertiary/aromatic N) is 1. The smallest absolute Gasteiger partial charge is 0.285 e. The van der Waals surface area contributed by atoms with Gasteiger partial charge in [0.25, 0.3) is 5.56 Å². The van der Waals surface area contributed by atoms with Gasteiger partial charge in [-0.25, -0.2) is 5.10 Å². The van der Waals surface area contributed by atoms with Crippen molar-refractivity contribution in [1.29, 1.82) is 0 Å². The van der Waals surface area contributed by atoms with Crippen molar-refractivity contribution < 1.29 is 0 Å². The van der Waals surface area contributed by atoms with Gasteiger partial charge in [-0.3, -0.25) is 4.79 Å². The van der Waals surface area contributed by atoms with Crippen LogP contribution in [0.3, 0.4) is 0 Å². The van der Waals surface area contributed by atoms with Crippen LogP contribution in [0.15, 0.2) is 26.9 Å². The Morgan fingerprint density at radius 3 is 3.06 bits per heavy atom. The predicted molar refractivity (Wildman–Crippen MR) is 69.2 cm³/mol. The molecule has 0 unspecified atom stereocenters. The lowest BCUT2D eigenvalue weighted by molar-refractivity contribution is 0.983. The number of rotatable bonds is 3. The second-order valence-corrected chi connectivity index (χ2v) is 5.91. The van der Waals surface area contributed by atoms with Gasteiger partial charge in [-0.2, -0.15) is 5.10 Å². The van der Waals surface area contributed by atoms with E-state index in [-0.39, 0.29) is 10.6 Å². The van der Waals surface area contributed by atoms with Crippen LogP contribution in [0.5, 0.6) is 0 Å². The summed E-state index contributed by atoms with van der Waals surface area (Å²) in [6, 6.07) is 3.97. The summed E-state index contributed by atoms with van der Waals surface area (Å²) in [6.45, 7) is 0.612. The van der Waals surface area contributed by atoms with Crippen LogP contribution in [-0.4, -0.2) is 10.2 Å². The molecule has 4 nitrogen and oxygen atoms in total. The number of aromatic nitrogens is 2. The van der Waals surface area contributed by atoms with Gasteiger partial charge in [0.2, 0.25) is 0 Å². The van der Waals surface area contributed by atoms with Gasteiger partial charge in [-0.15, -0.1) is 11.3 Å². The van der Waals surface area contributed by atoms with E-state index in [1.165, 1.54) is 6.20 Å². The maximum absolute atomic E-state index is 11.2. The fourth-order valence-electron chi connectivity index (χ4n) is 1.14. The zero-order valence-corrected chi connectivity index (χ0v) is 11.1. The highest BCUT2D eigenvalue weighted by molar-refractivity contribution is 9.11. The number of H-pyrrole nitrogens is 1. The Morgan fingerprint density at radius 1 is 1.56 bits per heavy atom. The van der Waals surface area contributed by atoms with E-state index < -0.39 is 0 Å². The molecule has 0 aliphatic carbocycles. The summed E-state index contributed by atoms with van der Waals surface area (Å²) in [5.74, 6) is 0. The maximum atomic E-state index is 11.2. The number of thiophene rings is 1. The largest absolute Gasteiger partial charge is 0.377 e. The topological polar surface area (TPSA) is 57.8 Å². The Balaban J connectivity index is 2.10. The van der Waals surface area contributed by atoms with Crippen LogP contribution in [0.4, 0.5) is 5.69 Å². The van der Waals surface area contributed by atoms with Crippen LogP contribution in [0.1, 0.15) is 4.88 Å². The van der Waals surface area contributed by atoms with Crippen molar-refractivity contribution in [1.82, 2.24) is 10.2 Å². The fraction of sp³-hybridized carbons (Fsp3) is 0.111. The molecule has 7 heteroatoms. The lowest BCUT2D eigenvalue weighted by Gasteiger charge is -2.04. The van der Waals surface area contributed by atoms with Gasteiger partial charge in [0.15, 0.2) is 0 Å². The summed E-state index contributed by atoms with van der Waals surface area (Å²) in [4.78, 5) is 12.3. The van der Waals surface area contributed by atoms with E-state index >= 15 is 0 Å². The number of aromatic amines is 1. The van der Waals surface area contributed by atoms with Gasteiger partial charge in [-0.1, -0.05) is 11.6 Å². The second kappa shape index (κ2) is 4.99.